The van der Waals surface area contributed by atoms with Gasteiger partial charge in [0.05, 0.1) is 6.20 Å². The molecule has 1 heterocycles. The van der Waals surface area contributed by atoms with E-state index in [0.717, 1.165) is 29.8 Å². The molecule has 1 aromatic carbocycles. The van der Waals surface area contributed by atoms with E-state index in [9.17, 15) is 4.39 Å². The van der Waals surface area contributed by atoms with Crippen molar-refractivity contribution in [2.75, 3.05) is 6.54 Å². The lowest BCUT2D eigenvalue weighted by atomic mass is 9.98. The molecular weight excluding hydrogens is 227 g/mol. The van der Waals surface area contributed by atoms with Crippen LogP contribution in [0.25, 0.3) is 11.1 Å². The summed E-state index contributed by atoms with van der Waals surface area (Å²) in [5.74, 6) is -0.277. The quantitative estimate of drug-likeness (QED) is 0.892. The standard InChI is InChI=1S/C15H17FN2/c1-3-17-9-12-5-4-11(2)8-14(12)13-6-7-18-10-15(13)16/h4-8,10,17H,3,9H2,1-2H3. The average Bonchev–Trinajstić information content (AvgIpc) is 2.38. The maximum Gasteiger partial charge on any atom is 0.149 e. The lowest BCUT2D eigenvalue weighted by Gasteiger charge is -2.12. The molecule has 1 aromatic heterocycles. The van der Waals surface area contributed by atoms with Crippen LogP contribution in [0.1, 0.15) is 18.1 Å². The first kappa shape index (κ1) is 12.7. The maximum atomic E-state index is 13.8. The Morgan fingerprint density at radius 1 is 1.22 bits per heavy atom. The van der Waals surface area contributed by atoms with Gasteiger partial charge in [-0.2, -0.15) is 0 Å². The number of aromatic nitrogens is 1. The first-order chi connectivity index (χ1) is 8.72. The van der Waals surface area contributed by atoms with Crippen LogP contribution in [0.5, 0.6) is 0 Å². The molecule has 18 heavy (non-hydrogen) atoms. The minimum absolute atomic E-state index is 0.277. The number of pyridine rings is 1. The Labute approximate surface area is 107 Å². The Morgan fingerprint density at radius 2 is 2.06 bits per heavy atom. The van der Waals surface area contributed by atoms with E-state index in [1.54, 1.807) is 12.3 Å². The minimum Gasteiger partial charge on any atom is -0.313 e. The number of nitrogens with one attached hydrogen (secondary N) is 1. The monoisotopic (exact) mass is 244 g/mol. The molecule has 0 bridgehead atoms. The molecule has 94 valence electrons. The Bertz CT molecular complexity index is 538. The summed E-state index contributed by atoms with van der Waals surface area (Å²) in [6.07, 6.45) is 2.88. The molecule has 0 radical (unpaired) electrons. The van der Waals surface area contributed by atoms with E-state index in [0.29, 0.717) is 5.56 Å². The van der Waals surface area contributed by atoms with Crippen LogP contribution in [-0.2, 0) is 6.54 Å². The van der Waals surface area contributed by atoms with E-state index in [4.69, 9.17) is 0 Å². The largest absolute Gasteiger partial charge is 0.313 e. The fourth-order valence-corrected chi connectivity index (χ4v) is 1.95. The molecule has 0 amide bonds. The van der Waals surface area contributed by atoms with Gasteiger partial charge in [0, 0.05) is 18.3 Å². The molecule has 0 aliphatic heterocycles. The summed E-state index contributed by atoms with van der Waals surface area (Å²) in [7, 11) is 0. The summed E-state index contributed by atoms with van der Waals surface area (Å²) in [5.41, 5.74) is 3.78. The van der Waals surface area contributed by atoms with Crippen LogP contribution < -0.4 is 5.32 Å². The topological polar surface area (TPSA) is 24.9 Å². The van der Waals surface area contributed by atoms with Crippen molar-refractivity contribution in [3.8, 4) is 11.1 Å². The highest BCUT2D eigenvalue weighted by Crippen LogP contribution is 2.26. The number of benzene rings is 1. The van der Waals surface area contributed by atoms with Crippen LogP contribution in [0.4, 0.5) is 4.39 Å². The fourth-order valence-electron chi connectivity index (χ4n) is 1.95. The summed E-state index contributed by atoms with van der Waals surface area (Å²) in [6, 6.07) is 7.84. The van der Waals surface area contributed by atoms with Gasteiger partial charge in [-0.15, -0.1) is 0 Å². The van der Waals surface area contributed by atoms with Gasteiger partial charge in [0.25, 0.3) is 0 Å². The summed E-state index contributed by atoms with van der Waals surface area (Å²) >= 11 is 0. The lowest BCUT2D eigenvalue weighted by molar-refractivity contribution is 0.624. The zero-order valence-corrected chi connectivity index (χ0v) is 10.7. The highest BCUT2D eigenvalue weighted by atomic mass is 19.1. The van der Waals surface area contributed by atoms with Gasteiger partial charge in [-0.1, -0.05) is 30.7 Å². The molecule has 0 saturated carbocycles. The summed E-state index contributed by atoms with van der Waals surface area (Å²) < 4.78 is 13.8. The molecule has 0 unspecified atom stereocenters. The van der Waals surface area contributed by atoms with E-state index in [2.05, 4.69) is 23.3 Å². The molecule has 0 spiro atoms. The second kappa shape index (κ2) is 5.74. The maximum absolute atomic E-state index is 13.8. The van der Waals surface area contributed by atoms with E-state index in [1.165, 1.54) is 6.20 Å². The summed E-state index contributed by atoms with van der Waals surface area (Å²) in [4.78, 5) is 3.79. The van der Waals surface area contributed by atoms with Crippen molar-refractivity contribution in [2.45, 2.75) is 20.4 Å². The normalized spacial score (nSPS) is 10.6. The molecule has 2 rings (SSSR count). The third kappa shape index (κ3) is 2.74. The number of hydrogen-bond acceptors (Lipinski definition) is 2. The number of aryl methyl sites for hydroxylation is 1. The molecule has 0 aliphatic rings. The third-order valence-electron chi connectivity index (χ3n) is 2.89. The predicted octanol–water partition coefficient (Wildman–Crippen LogP) is 3.31. The molecule has 1 N–H and O–H groups in total. The van der Waals surface area contributed by atoms with E-state index >= 15 is 0 Å². The van der Waals surface area contributed by atoms with Crippen molar-refractivity contribution in [1.29, 1.82) is 0 Å². The van der Waals surface area contributed by atoms with Crippen LogP contribution in [0, 0.1) is 12.7 Å². The Hall–Kier alpha value is -1.74. The minimum atomic E-state index is -0.277. The summed E-state index contributed by atoms with van der Waals surface area (Å²) in [5, 5.41) is 3.28. The van der Waals surface area contributed by atoms with Crippen LogP contribution in [0.2, 0.25) is 0 Å². The van der Waals surface area contributed by atoms with Gasteiger partial charge in [-0.3, -0.25) is 4.98 Å². The van der Waals surface area contributed by atoms with Crippen LogP contribution in [0.15, 0.2) is 36.7 Å². The van der Waals surface area contributed by atoms with Crippen molar-refractivity contribution in [3.63, 3.8) is 0 Å². The van der Waals surface area contributed by atoms with Gasteiger partial charge in [0.1, 0.15) is 5.82 Å². The number of hydrogen-bond donors (Lipinski definition) is 1. The van der Waals surface area contributed by atoms with Crippen LogP contribution in [-0.4, -0.2) is 11.5 Å². The van der Waals surface area contributed by atoms with Crippen LogP contribution >= 0.6 is 0 Å². The predicted molar refractivity (Wildman–Crippen MR) is 71.7 cm³/mol. The van der Waals surface area contributed by atoms with E-state index in [-0.39, 0.29) is 5.82 Å². The molecule has 0 aliphatic carbocycles. The number of rotatable bonds is 4. The zero-order valence-electron chi connectivity index (χ0n) is 10.7. The molecule has 0 saturated heterocycles. The first-order valence-electron chi connectivity index (χ1n) is 6.12. The van der Waals surface area contributed by atoms with Crippen molar-refractivity contribution in [3.05, 3.63) is 53.6 Å². The Kier molecular flexibility index (Phi) is 4.05. The van der Waals surface area contributed by atoms with Crippen molar-refractivity contribution in [2.24, 2.45) is 0 Å². The highest BCUT2D eigenvalue weighted by Gasteiger charge is 2.09. The zero-order chi connectivity index (χ0) is 13.0. The van der Waals surface area contributed by atoms with Crippen molar-refractivity contribution < 1.29 is 4.39 Å². The molecular formula is C15H17FN2. The van der Waals surface area contributed by atoms with Gasteiger partial charge >= 0.3 is 0 Å². The molecule has 0 fully saturated rings. The van der Waals surface area contributed by atoms with Crippen LogP contribution in [0.3, 0.4) is 0 Å². The van der Waals surface area contributed by atoms with Crippen molar-refractivity contribution >= 4 is 0 Å². The second-order valence-electron chi connectivity index (χ2n) is 4.30. The molecule has 2 aromatic rings. The smallest absolute Gasteiger partial charge is 0.149 e. The number of halogens is 1. The fraction of sp³-hybridized carbons (Fsp3) is 0.267. The van der Waals surface area contributed by atoms with Crippen molar-refractivity contribution in [1.82, 2.24) is 10.3 Å². The molecule has 3 heteroatoms. The van der Waals surface area contributed by atoms with Gasteiger partial charge < -0.3 is 5.32 Å². The van der Waals surface area contributed by atoms with Gasteiger partial charge in [0.15, 0.2) is 0 Å². The van der Waals surface area contributed by atoms with Gasteiger partial charge in [-0.05, 0) is 30.7 Å². The van der Waals surface area contributed by atoms with E-state index in [1.807, 2.05) is 19.1 Å². The third-order valence-corrected chi connectivity index (χ3v) is 2.89. The average molecular weight is 244 g/mol. The lowest BCUT2D eigenvalue weighted by Crippen LogP contribution is -2.12. The molecule has 2 nitrogen and oxygen atoms in total. The SMILES string of the molecule is CCNCc1ccc(C)cc1-c1ccncc1F. The number of nitrogens with zero attached hydrogens (tertiary/aromatic N) is 1. The first-order valence-corrected chi connectivity index (χ1v) is 6.12. The Morgan fingerprint density at radius 3 is 2.78 bits per heavy atom. The summed E-state index contributed by atoms with van der Waals surface area (Å²) in [6.45, 7) is 5.71. The second-order valence-corrected chi connectivity index (χ2v) is 4.30. The Balaban J connectivity index is 2.48. The van der Waals surface area contributed by atoms with Gasteiger partial charge in [0.2, 0.25) is 0 Å². The van der Waals surface area contributed by atoms with E-state index < -0.39 is 0 Å². The highest BCUT2D eigenvalue weighted by molar-refractivity contribution is 5.68. The van der Waals surface area contributed by atoms with Gasteiger partial charge in [-0.25, -0.2) is 4.39 Å². The molecule has 0 atom stereocenters.